The molecule has 0 saturated carbocycles. The van der Waals surface area contributed by atoms with Crippen LogP contribution in [-0.4, -0.2) is 69.0 Å². The second kappa shape index (κ2) is 10.2. The number of nitrogens with zero attached hydrogens (tertiary/aromatic N) is 6. The molecule has 0 amide bonds. The van der Waals surface area contributed by atoms with Crippen LogP contribution < -0.4 is 4.90 Å². The third-order valence-electron chi connectivity index (χ3n) is 8.11. The largest absolute Gasteiger partial charge is 0.390 e. The minimum absolute atomic E-state index is 0.0156. The topological polar surface area (TPSA) is 60.1 Å². The molecule has 1 N–H and O–H groups in total. The molecule has 0 aliphatic carbocycles. The minimum Gasteiger partial charge on any atom is -0.390 e. The van der Waals surface area contributed by atoms with E-state index in [1.165, 1.54) is 11.3 Å². The predicted octanol–water partition coefficient (Wildman–Crippen LogP) is 4.39. The van der Waals surface area contributed by atoms with E-state index in [-0.39, 0.29) is 18.7 Å². The van der Waals surface area contributed by atoms with Gasteiger partial charge in [0.2, 0.25) is 0 Å². The van der Waals surface area contributed by atoms with Crippen LogP contribution in [0.25, 0.3) is 5.65 Å². The molecule has 0 bridgehead atoms. The number of likely N-dealkylation sites (N-methyl/N-ethyl adjacent to an activating group) is 1. The number of rotatable bonds is 6. The summed E-state index contributed by atoms with van der Waals surface area (Å²) in [7, 11) is 2.21. The highest BCUT2D eigenvalue weighted by Gasteiger charge is 2.35. The number of hydrogen-bond acceptors (Lipinski definition) is 6. The lowest BCUT2D eigenvalue weighted by atomic mass is 9.88. The Morgan fingerprint density at radius 1 is 1.00 bits per heavy atom. The van der Waals surface area contributed by atoms with E-state index < -0.39 is 0 Å². The summed E-state index contributed by atoms with van der Waals surface area (Å²) in [5.74, 6) is 1.58. The van der Waals surface area contributed by atoms with Gasteiger partial charge < -0.3 is 14.9 Å². The molecule has 3 aromatic rings. The maximum Gasteiger partial charge on any atom is 0.138 e. The number of fused-ring (bicyclic) bond motifs is 1. The molecule has 3 aromatic heterocycles. The highest BCUT2D eigenvalue weighted by molar-refractivity contribution is 5.55. The summed E-state index contributed by atoms with van der Waals surface area (Å²) in [6.45, 7) is 11.9. The maximum absolute atomic E-state index is 10.6. The number of aliphatic hydroxyl groups is 1. The van der Waals surface area contributed by atoms with Crippen molar-refractivity contribution in [3.63, 3.8) is 0 Å². The Morgan fingerprint density at radius 3 is 2.43 bits per heavy atom. The number of piperazine rings is 1. The van der Waals surface area contributed by atoms with Crippen LogP contribution in [0.15, 0.2) is 36.5 Å². The zero-order chi connectivity index (χ0) is 24.5. The van der Waals surface area contributed by atoms with E-state index in [0.717, 1.165) is 74.8 Å². The molecule has 5 heterocycles. The van der Waals surface area contributed by atoms with Gasteiger partial charge in [-0.3, -0.25) is 14.3 Å². The van der Waals surface area contributed by atoms with Gasteiger partial charge in [0.15, 0.2) is 0 Å². The van der Waals surface area contributed by atoms with E-state index in [9.17, 15) is 5.11 Å². The molecule has 7 heteroatoms. The van der Waals surface area contributed by atoms with Gasteiger partial charge in [0, 0.05) is 32.4 Å². The average Bonchev–Trinajstić information content (AvgIpc) is 3.27. The first kappa shape index (κ1) is 24.2. The van der Waals surface area contributed by atoms with Crippen molar-refractivity contribution in [3.8, 4) is 0 Å². The van der Waals surface area contributed by atoms with Crippen LogP contribution in [0.2, 0.25) is 0 Å². The van der Waals surface area contributed by atoms with E-state index in [0.29, 0.717) is 5.92 Å². The van der Waals surface area contributed by atoms with Crippen LogP contribution in [0, 0.1) is 0 Å². The minimum atomic E-state index is -0.0156. The summed E-state index contributed by atoms with van der Waals surface area (Å²) in [4.78, 5) is 17.4. The normalized spacial score (nSPS) is 22.4. The van der Waals surface area contributed by atoms with Gasteiger partial charge in [-0.25, -0.2) is 4.98 Å². The Bertz CT molecular complexity index is 1150. The zero-order valence-electron chi connectivity index (χ0n) is 21.7. The van der Waals surface area contributed by atoms with Crippen LogP contribution in [0.5, 0.6) is 0 Å². The van der Waals surface area contributed by atoms with Crippen molar-refractivity contribution in [2.45, 2.75) is 64.6 Å². The first-order valence-corrected chi connectivity index (χ1v) is 13.3. The number of piperidine rings is 1. The fourth-order valence-corrected chi connectivity index (χ4v) is 6.10. The smallest absolute Gasteiger partial charge is 0.138 e. The lowest BCUT2D eigenvalue weighted by molar-refractivity contribution is 0.107. The van der Waals surface area contributed by atoms with Crippen LogP contribution in [0.3, 0.4) is 0 Å². The molecule has 2 fully saturated rings. The van der Waals surface area contributed by atoms with E-state index in [4.69, 9.17) is 9.97 Å². The van der Waals surface area contributed by atoms with Crippen molar-refractivity contribution in [1.29, 1.82) is 0 Å². The molecule has 2 atom stereocenters. The first-order chi connectivity index (χ1) is 17.0. The van der Waals surface area contributed by atoms with Gasteiger partial charge in [-0.2, -0.15) is 0 Å². The molecule has 0 spiro atoms. The highest BCUT2D eigenvalue weighted by atomic mass is 16.3. The summed E-state index contributed by atoms with van der Waals surface area (Å²) in [6.07, 6.45) is 5.18. The third kappa shape index (κ3) is 4.46. The Kier molecular flexibility index (Phi) is 7.09. The molecule has 0 radical (unpaired) electrons. The second-order valence-electron chi connectivity index (χ2n) is 10.4. The Hall–Kier alpha value is -2.48. The lowest BCUT2D eigenvalue weighted by Crippen LogP contribution is -2.46. The Labute approximate surface area is 209 Å². The van der Waals surface area contributed by atoms with Gasteiger partial charge >= 0.3 is 0 Å². The van der Waals surface area contributed by atoms with Gasteiger partial charge in [0.1, 0.15) is 11.5 Å². The second-order valence-corrected chi connectivity index (χ2v) is 10.4. The molecule has 35 heavy (non-hydrogen) atoms. The molecule has 0 aromatic carbocycles. The molecule has 2 unspecified atom stereocenters. The number of hydrogen-bond donors (Lipinski definition) is 1. The molecular formula is C28H40N6O. The van der Waals surface area contributed by atoms with Crippen molar-refractivity contribution in [2.75, 3.05) is 44.7 Å². The van der Waals surface area contributed by atoms with Gasteiger partial charge in [0.25, 0.3) is 0 Å². The van der Waals surface area contributed by atoms with Crippen molar-refractivity contribution < 1.29 is 5.11 Å². The molecule has 7 nitrogen and oxygen atoms in total. The molecule has 188 valence electrons. The number of pyridine rings is 2. The van der Waals surface area contributed by atoms with E-state index in [1.807, 2.05) is 12.3 Å². The number of likely N-dealkylation sites (tertiary alicyclic amines) is 1. The van der Waals surface area contributed by atoms with Gasteiger partial charge in [-0.15, -0.1) is 0 Å². The molecule has 2 aliphatic rings. The molecule has 5 rings (SSSR count). The van der Waals surface area contributed by atoms with Gasteiger partial charge in [-0.1, -0.05) is 32.9 Å². The van der Waals surface area contributed by atoms with Gasteiger partial charge in [0.05, 0.1) is 35.8 Å². The summed E-state index contributed by atoms with van der Waals surface area (Å²) < 4.78 is 2.20. The van der Waals surface area contributed by atoms with Crippen LogP contribution in [0.1, 0.15) is 80.7 Å². The summed E-state index contributed by atoms with van der Waals surface area (Å²) in [6, 6.07) is 11.0. The quantitative estimate of drug-likeness (QED) is 0.570. The number of imidazole rings is 1. The zero-order valence-corrected chi connectivity index (χ0v) is 21.7. The van der Waals surface area contributed by atoms with Crippen molar-refractivity contribution in [3.05, 3.63) is 59.2 Å². The van der Waals surface area contributed by atoms with Crippen LogP contribution in [-0.2, 0) is 6.61 Å². The SMILES string of the molecule is CCN1CCN(c2cccc3nc(C4CCCC(c5ncccc5C(C)C)N4C)c(CO)n23)CC1. The monoisotopic (exact) mass is 476 g/mol. The van der Waals surface area contributed by atoms with Crippen molar-refractivity contribution >= 4 is 11.5 Å². The van der Waals surface area contributed by atoms with Crippen molar-refractivity contribution in [2.24, 2.45) is 0 Å². The van der Waals surface area contributed by atoms with Crippen LogP contribution in [0.4, 0.5) is 5.82 Å². The molecule has 2 saturated heterocycles. The Morgan fingerprint density at radius 2 is 1.74 bits per heavy atom. The number of anilines is 1. The Balaban J connectivity index is 1.51. The summed E-state index contributed by atoms with van der Waals surface area (Å²) >= 11 is 0. The van der Waals surface area contributed by atoms with E-state index >= 15 is 0 Å². The maximum atomic E-state index is 10.6. The van der Waals surface area contributed by atoms with E-state index in [2.05, 4.69) is 71.2 Å². The first-order valence-electron chi connectivity index (χ1n) is 13.3. The number of aliphatic hydroxyl groups excluding tert-OH is 1. The van der Waals surface area contributed by atoms with Crippen molar-refractivity contribution in [1.82, 2.24) is 24.2 Å². The standard InChI is InChI=1S/C28H40N6O/c1-5-32-15-17-33(18-16-32)26-13-7-12-25-30-28(24(19-35)34(25)26)23-11-6-10-22(31(23)4)27-21(20(2)3)9-8-14-29-27/h7-9,12-14,20,22-23,35H,5-6,10-11,15-19H2,1-4H3. The molecular weight excluding hydrogens is 436 g/mol. The lowest BCUT2D eigenvalue weighted by Gasteiger charge is -2.40. The predicted molar refractivity (Wildman–Crippen MR) is 141 cm³/mol. The fourth-order valence-electron chi connectivity index (χ4n) is 6.10. The summed E-state index contributed by atoms with van der Waals surface area (Å²) in [5, 5.41) is 10.6. The highest BCUT2D eigenvalue weighted by Crippen LogP contribution is 2.42. The number of aromatic nitrogens is 3. The van der Waals surface area contributed by atoms with Gasteiger partial charge in [-0.05, 0) is 62.5 Å². The third-order valence-corrected chi connectivity index (χ3v) is 8.11. The van der Waals surface area contributed by atoms with Crippen LogP contribution >= 0.6 is 0 Å². The average molecular weight is 477 g/mol. The summed E-state index contributed by atoms with van der Waals surface area (Å²) in [5.41, 5.74) is 5.39. The molecule has 2 aliphatic heterocycles. The fraction of sp³-hybridized carbons (Fsp3) is 0.571. The van der Waals surface area contributed by atoms with E-state index in [1.54, 1.807) is 0 Å².